The Hall–Kier alpha value is -2.06. The van der Waals surface area contributed by atoms with Crippen LogP contribution in [0.4, 0.5) is 5.69 Å². The Balaban J connectivity index is 2.48. The van der Waals surface area contributed by atoms with Gasteiger partial charge in [0.2, 0.25) is 0 Å². The highest BCUT2D eigenvalue weighted by Gasteiger charge is 2.25. The first kappa shape index (κ1) is 20.3. The van der Waals surface area contributed by atoms with Gasteiger partial charge in [0.1, 0.15) is 5.75 Å². The second-order valence-corrected chi connectivity index (χ2v) is 8.26. The number of methoxy groups -OCH3 is 1. The van der Waals surface area contributed by atoms with E-state index in [9.17, 15) is 13.2 Å². The molecule has 0 amide bonds. The second-order valence-electron chi connectivity index (χ2n) is 5.44. The molecule has 0 aliphatic carbocycles. The standard InChI is InChI=1S/C18H20BrNO5S/c1-5-25-18(21)14-7-6-8-16(12(14)2)20(3)26(22,23)13-9-10-17(24-4)15(19)11-13/h6-11H,5H2,1-4H3. The summed E-state index contributed by atoms with van der Waals surface area (Å²) in [6, 6.07) is 9.42. The van der Waals surface area contributed by atoms with Gasteiger partial charge in [-0.3, -0.25) is 4.31 Å². The molecular weight excluding hydrogens is 422 g/mol. The summed E-state index contributed by atoms with van der Waals surface area (Å²) in [5.74, 6) is 0.0527. The van der Waals surface area contributed by atoms with E-state index in [1.807, 2.05) is 0 Å². The van der Waals surface area contributed by atoms with Gasteiger partial charge >= 0.3 is 5.97 Å². The van der Waals surface area contributed by atoms with E-state index in [2.05, 4.69) is 15.9 Å². The van der Waals surface area contributed by atoms with E-state index in [1.54, 1.807) is 38.1 Å². The van der Waals surface area contributed by atoms with Crippen LogP contribution in [0.5, 0.6) is 5.75 Å². The number of hydrogen-bond acceptors (Lipinski definition) is 5. The zero-order valence-electron chi connectivity index (χ0n) is 14.9. The molecule has 0 saturated heterocycles. The van der Waals surface area contributed by atoms with Gasteiger partial charge in [0.05, 0.1) is 34.3 Å². The predicted octanol–water partition coefficient (Wildman–Crippen LogP) is 3.77. The molecule has 6 nitrogen and oxygen atoms in total. The third-order valence-electron chi connectivity index (χ3n) is 3.92. The predicted molar refractivity (Wildman–Crippen MR) is 103 cm³/mol. The van der Waals surface area contributed by atoms with Crippen LogP contribution in [0.2, 0.25) is 0 Å². The lowest BCUT2D eigenvalue weighted by Gasteiger charge is -2.22. The normalized spacial score (nSPS) is 11.1. The first-order chi connectivity index (χ1) is 12.2. The Bertz CT molecular complexity index is 927. The molecule has 8 heteroatoms. The fraction of sp³-hybridized carbons (Fsp3) is 0.278. The smallest absolute Gasteiger partial charge is 0.338 e. The number of hydrogen-bond donors (Lipinski definition) is 0. The second kappa shape index (κ2) is 8.09. The third kappa shape index (κ3) is 3.86. The van der Waals surface area contributed by atoms with Crippen molar-refractivity contribution in [3.63, 3.8) is 0 Å². The number of ether oxygens (including phenoxy) is 2. The molecule has 0 unspecified atom stereocenters. The van der Waals surface area contributed by atoms with E-state index >= 15 is 0 Å². The molecule has 0 fully saturated rings. The van der Waals surface area contributed by atoms with E-state index in [0.717, 1.165) is 4.31 Å². The van der Waals surface area contributed by atoms with Gasteiger partial charge in [-0.2, -0.15) is 0 Å². The minimum atomic E-state index is -3.82. The van der Waals surface area contributed by atoms with E-state index in [4.69, 9.17) is 9.47 Å². The fourth-order valence-electron chi connectivity index (χ4n) is 2.49. The molecule has 0 radical (unpaired) electrons. The molecule has 26 heavy (non-hydrogen) atoms. The number of carbonyl (C=O) groups is 1. The van der Waals surface area contributed by atoms with Crippen molar-refractivity contribution in [3.8, 4) is 5.75 Å². The molecule has 2 rings (SSSR count). The molecule has 2 aromatic rings. The molecule has 2 aromatic carbocycles. The van der Waals surface area contributed by atoms with Gasteiger partial charge in [0, 0.05) is 7.05 Å². The summed E-state index contributed by atoms with van der Waals surface area (Å²) < 4.78 is 37.8. The van der Waals surface area contributed by atoms with Gasteiger partial charge in [-0.15, -0.1) is 0 Å². The molecule has 0 aliphatic heterocycles. The molecule has 140 valence electrons. The number of nitrogens with zero attached hydrogens (tertiary/aromatic N) is 1. The summed E-state index contributed by atoms with van der Waals surface area (Å²) in [5.41, 5.74) is 1.27. The highest BCUT2D eigenvalue weighted by Crippen LogP contribution is 2.31. The number of esters is 1. The van der Waals surface area contributed by atoms with Crippen molar-refractivity contribution in [3.05, 3.63) is 52.0 Å². The van der Waals surface area contributed by atoms with E-state index in [1.165, 1.54) is 26.3 Å². The van der Waals surface area contributed by atoms with E-state index < -0.39 is 16.0 Å². The van der Waals surface area contributed by atoms with Crippen LogP contribution in [0.1, 0.15) is 22.8 Å². The van der Waals surface area contributed by atoms with Gasteiger partial charge in [0.15, 0.2) is 0 Å². The maximum atomic E-state index is 13.0. The summed E-state index contributed by atoms with van der Waals surface area (Å²) in [5, 5.41) is 0. The largest absolute Gasteiger partial charge is 0.496 e. The van der Waals surface area contributed by atoms with Gasteiger partial charge < -0.3 is 9.47 Å². The summed E-state index contributed by atoms with van der Waals surface area (Å²) in [6.07, 6.45) is 0. The van der Waals surface area contributed by atoms with Crippen LogP contribution in [0.3, 0.4) is 0 Å². The molecular formula is C18H20BrNO5S. The Morgan fingerprint density at radius 1 is 1.23 bits per heavy atom. The topological polar surface area (TPSA) is 72.9 Å². The molecule has 0 aliphatic rings. The van der Waals surface area contributed by atoms with Crippen LogP contribution in [-0.2, 0) is 14.8 Å². The zero-order chi connectivity index (χ0) is 19.5. The van der Waals surface area contributed by atoms with Crippen molar-refractivity contribution < 1.29 is 22.7 Å². The molecule has 0 N–H and O–H groups in total. The monoisotopic (exact) mass is 441 g/mol. The Kier molecular flexibility index (Phi) is 6.30. The Labute approximate surface area is 161 Å². The molecule has 0 saturated carbocycles. The fourth-order valence-corrected chi connectivity index (χ4v) is 4.46. The number of carbonyl (C=O) groups excluding carboxylic acids is 1. The lowest BCUT2D eigenvalue weighted by Crippen LogP contribution is -2.27. The van der Waals surface area contributed by atoms with Crippen LogP contribution in [0.15, 0.2) is 45.8 Å². The molecule has 0 bridgehead atoms. The van der Waals surface area contributed by atoms with Crippen molar-refractivity contribution in [2.75, 3.05) is 25.1 Å². The van der Waals surface area contributed by atoms with Crippen LogP contribution in [-0.4, -0.2) is 35.2 Å². The zero-order valence-corrected chi connectivity index (χ0v) is 17.3. The lowest BCUT2D eigenvalue weighted by molar-refractivity contribution is 0.0525. The van der Waals surface area contributed by atoms with Crippen molar-refractivity contribution in [1.29, 1.82) is 0 Å². The average molecular weight is 442 g/mol. The summed E-state index contributed by atoms with van der Waals surface area (Å²) in [4.78, 5) is 12.2. The third-order valence-corrected chi connectivity index (χ3v) is 6.31. The Morgan fingerprint density at radius 2 is 1.92 bits per heavy atom. The van der Waals surface area contributed by atoms with Crippen LogP contribution in [0, 0.1) is 6.92 Å². The van der Waals surface area contributed by atoms with Gasteiger partial charge in [-0.25, -0.2) is 13.2 Å². The van der Waals surface area contributed by atoms with Gasteiger partial charge in [0.25, 0.3) is 10.0 Å². The SMILES string of the molecule is CCOC(=O)c1cccc(N(C)S(=O)(=O)c2ccc(OC)c(Br)c2)c1C. The first-order valence-corrected chi connectivity index (χ1v) is 10.1. The van der Waals surface area contributed by atoms with Crippen LogP contribution in [0.25, 0.3) is 0 Å². The van der Waals surface area contributed by atoms with Crippen molar-refractivity contribution in [1.82, 2.24) is 0 Å². The molecule has 0 atom stereocenters. The number of rotatable bonds is 6. The Morgan fingerprint density at radius 3 is 2.50 bits per heavy atom. The van der Waals surface area contributed by atoms with Crippen molar-refractivity contribution in [2.24, 2.45) is 0 Å². The minimum absolute atomic E-state index is 0.105. The van der Waals surface area contributed by atoms with E-state index in [-0.39, 0.29) is 11.5 Å². The summed E-state index contributed by atoms with van der Waals surface area (Å²) >= 11 is 3.30. The maximum absolute atomic E-state index is 13.0. The van der Waals surface area contributed by atoms with Gasteiger partial charge in [-0.05, 0) is 65.7 Å². The van der Waals surface area contributed by atoms with Crippen molar-refractivity contribution in [2.45, 2.75) is 18.7 Å². The van der Waals surface area contributed by atoms with Gasteiger partial charge in [-0.1, -0.05) is 6.07 Å². The molecule has 0 aromatic heterocycles. The quantitative estimate of drug-likeness (QED) is 0.637. The number of benzene rings is 2. The number of sulfonamides is 1. The highest BCUT2D eigenvalue weighted by atomic mass is 79.9. The van der Waals surface area contributed by atoms with Crippen LogP contribution >= 0.6 is 15.9 Å². The minimum Gasteiger partial charge on any atom is -0.496 e. The average Bonchev–Trinajstić information content (AvgIpc) is 2.61. The lowest BCUT2D eigenvalue weighted by atomic mass is 10.1. The summed E-state index contributed by atoms with van der Waals surface area (Å²) in [6.45, 7) is 3.66. The van der Waals surface area contributed by atoms with E-state index in [0.29, 0.717) is 27.0 Å². The van der Waals surface area contributed by atoms with Crippen molar-refractivity contribution >= 4 is 37.6 Å². The summed E-state index contributed by atoms with van der Waals surface area (Å²) in [7, 11) is -0.867. The number of anilines is 1. The van der Waals surface area contributed by atoms with Crippen LogP contribution < -0.4 is 9.04 Å². The molecule has 0 spiro atoms. The number of halogens is 1. The highest BCUT2D eigenvalue weighted by molar-refractivity contribution is 9.10. The maximum Gasteiger partial charge on any atom is 0.338 e. The molecule has 0 heterocycles. The first-order valence-electron chi connectivity index (χ1n) is 7.83.